The zero-order valence-corrected chi connectivity index (χ0v) is 37.1. The van der Waals surface area contributed by atoms with E-state index in [1.165, 1.54) is 39.1 Å². The van der Waals surface area contributed by atoms with Crippen molar-refractivity contribution < 1.29 is 77.0 Å². The monoisotopic (exact) mass is 990 g/mol. The van der Waals surface area contributed by atoms with Crippen molar-refractivity contribution in [2.75, 3.05) is 13.6 Å². The van der Waals surface area contributed by atoms with Gasteiger partial charge < -0.3 is 72.5 Å². The Morgan fingerprint density at radius 1 is 0.914 bits per heavy atom. The number of ether oxygens (including phenoxy) is 1. The predicted molar refractivity (Wildman–Crippen MR) is 235 cm³/mol. The molecule has 8 atom stereocenters. The van der Waals surface area contributed by atoms with Crippen LogP contribution < -0.4 is 43.6 Å². The summed E-state index contributed by atoms with van der Waals surface area (Å²) in [5.41, 5.74) is 5.62. The van der Waals surface area contributed by atoms with Crippen LogP contribution >= 0.6 is 0 Å². The highest BCUT2D eigenvalue weighted by Crippen LogP contribution is 2.30. The fraction of sp³-hybridized carbons (Fsp3) is 0.357. The number of urea groups is 1. The van der Waals surface area contributed by atoms with Gasteiger partial charge >= 0.3 is 29.8 Å². The van der Waals surface area contributed by atoms with Crippen molar-refractivity contribution in [2.45, 2.75) is 81.5 Å². The number of alkyl halides is 3. The van der Waals surface area contributed by atoms with Gasteiger partial charge in [0.2, 0.25) is 29.9 Å². The maximum Gasteiger partial charge on any atom is 0.490 e. The van der Waals surface area contributed by atoms with Gasteiger partial charge in [0.1, 0.15) is 47.9 Å². The molecule has 2 aromatic heterocycles. The van der Waals surface area contributed by atoms with Crippen molar-refractivity contribution in [1.82, 2.24) is 46.0 Å². The molecule has 0 radical (unpaired) electrons. The van der Waals surface area contributed by atoms with Crippen LogP contribution in [-0.4, -0.2) is 149 Å². The van der Waals surface area contributed by atoms with Crippen molar-refractivity contribution >= 4 is 52.5 Å². The molecule has 0 unspecified atom stereocenters. The number of likely N-dealkylation sites (N-methyl/N-ethyl adjacent to an activating group) is 1. The van der Waals surface area contributed by atoms with E-state index in [-0.39, 0.29) is 18.6 Å². The lowest BCUT2D eigenvalue weighted by Crippen LogP contribution is -2.62. The number of halogens is 3. The lowest BCUT2D eigenvalue weighted by Gasteiger charge is -2.34. The highest BCUT2D eigenvalue weighted by molar-refractivity contribution is 5.94. The molecule has 3 heterocycles. The molecule has 0 saturated carbocycles. The van der Waals surface area contributed by atoms with Crippen LogP contribution in [0.25, 0.3) is 10.9 Å². The van der Waals surface area contributed by atoms with Gasteiger partial charge in [-0.1, -0.05) is 30.3 Å². The molecule has 5 rings (SSSR count). The minimum atomic E-state index is -5.08. The van der Waals surface area contributed by atoms with E-state index in [1.807, 2.05) is 4.98 Å². The number of fused-ring (bicyclic) bond motifs is 1. The van der Waals surface area contributed by atoms with Crippen molar-refractivity contribution in [2.24, 2.45) is 5.73 Å². The topological polar surface area (TPSA) is 390 Å². The van der Waals surface area contributed by atoms with Crippen LogP contribution in [-0.2, 0) is 46.3 Å². The van der Waals surface area contributed by atoms with Gasteiger partial charge in [-0.15, -0.1) is 0 Å². The van der Waals surface area contributed by atoms with Crippen LogP contribution in [0.3, 0.4) is 0 Å². The number of phenolic OH excluding ortho intramolecular Hbond substituents is 1. The van der Waals surface area contributed by atoms with Crippen molar-refractivity contribution in [3.63, 3.8) is 0 Å². The van der Waals surface area contributed by atoms with Crippen LogP contribution in [0.5, 0.6) is 5.75 Å². The summed E-state index contributed by atoms with van der Waals surface area (Å²) < 4.78 is 38.1. The Morgan fingerprint density at radius 2 is 1.59 bits per heavy atom. The summed E-state index contributed by atoms with van der Waals surface area (Å²) in [5, 5.41) is 61.2. The van der Waals surface area contributed by atoms with E-state index in [0.29, 0.717) is 11.1 Å². The maximum atomic E-state index is 14.0. The number of aromatic hydroxyl groups is 1. The van der Waals surface area contributed by atoms with Crippen LogP contribution in [0.1, 0.15) is 31.2 Å². The molecule has 6 amide bonds. The van der Waals surface area contributed by atoms with E-state index in [2.05, 4.69) is 31.6 Å². The first kappa shape index (κ1) is 54.4. The summed E-state index contributed by atoms with van der Waals surface area (Å²) >= 11 is 0. The van der Waals surface area contributed by atoms with Crippen molar-refractivity contribution in [3.05, 3.63) is 111 Å². The van der Waals surface area contributed by atoms with Gasteiger partial charge in [-0.25, -0.2) is 19.2 Å². The Hall–Kier alpha value is -8.24. The SMILES string of the molecule is C[C@H](NC(=O)N[C@@H](Cc1c[nH]c2ccccc12)C(=O)O)C(=O)N[C@H](C(=O)N/C=C1\O[C@@H](n2ccc(=O)[nH]c2=O)[C@H](O)[C@@H]1O)[C@H](C)N(C)C(=O)[C@H](Cc1cccc(O)c1)NC(=O)CN.O=C(O)C(F)(F)F. The first-order valence-electron chi connectivity index (χ1n) is 20.7. The normalized spacial score (nSPS) is 18.1. The number of aliphatic hydroxyl groups excluding tert-OH is 2. The molecule has 25 nitrogen and oxygen atoms in total. The first-order valence-corrected chi connectivity index (χ1v) is 20.7. The molecule has 0 aliphatic carbocycles. The number of aromatic nitrogens is 3. The van der Waals surface area contributed by atoms with E-state index < -0.39 is 120 Å². The van der Waals surface area contributed by atoms with E-state index in [9.17, 15) is 72.0 Å². The number of aliphatic hydroxyl groups is 2. The van der Waals surface area contributed by atoms with Crippen molar-refractivity contribution in [1.29, 1.82) is 0 Å². The van der Waals surface area contributed by atoms with Gasteiger partial charge in [0, 0.05) is 55.5 Å². The fourth-order valence-electron chi connectivity index (χ4n) is 6.71. The van der Waals surface area contributed by atoms with Crippen molar-refractivity contribution in [3.8, 4) is 5.75 Å². The zero-order chi connectivity index (χ0) is 52.2. The van der Waals surface area contributed by atoms with Crippen LogP contribution in [0.15, 0.2) is 88.5 Å². The first-order chi connectivity index (χ1) is 32.8. The third kappa shape index (κ3) is 14.4. The fourth-order valence-corrected chi connectivity index (χ4v) is 6.71. The molecule has 0 spiro atoms. The average molecular weight is 991 g/mol. The molecule has 1 aliphatic heterocycles. The number of phenols is 1. The van der Waals surface area contributed by atoms with Crippen LogP contribution in [0, 0.1) is 0 Å². The van der Waals surface area contributed by atoms with Gasteiger partial charge in [-0.3, -0.25) is 33.5 Å². The molecular formula is C42H49F3N10O15. The largest absolute Gasteiger partial charge is 0.508 e. The van der Waals surface area contributed by atoms with E-state index in [4.69, 9.17) is 20.4 Å². The Labute approximate surface area is 392 Å². The summed E-state index contributed by atoms with van der Waals surface area (Å²) in [4.78, 5) is 118. The van der Waals surface area contributed by atoms with Gasteiger partial charge in [-0.05, 0) is 43.2 Å². The van der Waals surface area contributed by atoms with Crippen LogP contribution in [0.2, 0.25) is 0 Å². The minimum Gasteiger partial charge on any atom is -0.508 e. The molecule has 378 valence electrons. The quantitative estimate of drug-likeness (QED) is 0.0542. The number of benzene rings is 2. The molecule has 0 bridgehead atoms. The second-order valence-corrected chi connectivity index (χ2v) is 15.5. The number of carbonyl (C=O) groups excluding carboxylic acids is 5. The Bertz CT molecular complexity index is 2720. The number of aliphatic carboxylic acids is 2. The second-order valence-electron chi connectivity index (χ2n) is 15.5. The molecule has 28 heteroatoms. The third-order valence-electron chi connectivity index (χ3n) is 10.5. The Kier molecular flexibility index (Phi) is 18.4. The van der Waals surface area contributed by atoms with Gasteiger partial charge in [0.05, 0.1) is 12.6 Å². The number of nitrogens with one attached hydrogen (secondary N) is 7. The Balaban J connectivity index is 0.00000141. The number of amides is 6. The van der Waals surface area contributed by atoms with E-state index in [0.717, 1.165) is 38.8 Å². The molecule has 4 aromatic rings. The number of carboxylic acid groups (broad SMARTS) is 2. The summed E-state index contributed by atoms with van der Waals surface area (Å²) in [6.45, 7) is 2.15. The van der Waals surface area contributed by atoms with Crippen LogP contribution in [0.4, 0.5) is 18.0 Å². The summed E-state index contributed by atoms with van der Waals surface area (Å²) in [6, 6.07) is 5.92. The molecule has 1 saturated heterocycles. The lowest BCUT2D eigenvalue weighted by molar-refractivity contribution is -0.192. The number of rotatable bonds is 17. The second kappa shape index (κ2) is 23.7. The predicted octanol–water partition coefficient (Wildman–Crippen LogP) is -2.03. The third-order valence-corrected chi connectivity index (χ3v) is 10.5. The highest BCUT2D eigenvalue weighted by atomic mass is 19.4. The summed E-state index contributed by atoms with van der Waals surface area (Å²) in [7, 11) is 1.28. The minimum absolute atomic E-state index is 0.107. The smallest absolute Gasteiger partial charge is 0.490 e. The number of hydrogen-bond acceptors (Lipinski definition) is 14. The van der Waals surface area contributed by atoms with Gasteiger partial charge in [0.25, 0.3) is 5.56 Å². The molecule has 14 N–H and O–H groups in total. The Morgan fingerprint density at radius 3 is 2.20 bits per heavy atom. The molecular weight excluding hydrogens is 942 g/mol. The molecule has 1 aliphatic rings. The van der Waals surface area contributed by atoms with E-state index in [1.54, 1.807) is 36.5 Å². The lowest BCUT2D eigenvalue weighted by atomic mass is 10.0. The zero-order valence-electron chi connectivity index (χ0n) is 37.1. The number of hydrogen-bond donors (Lipinski definition) is 13. The number of carboxylic acids is 2. The summed E-state index contributed by atoms with van der Waals surface area (Å²) in [5.74, 6) is -8.13. The average Bonchev–Trinajstić information content (AvgIpc) is 3.84. The van der Waals surface area contributed by atoms with Gasteiger partial charge in [-0.2, -0.15) is 13.2 Å². The van der Waals surface area contributed by atoms with E-state index >= 15 is 0 Å². The standard InChI is InChI=1S/C40H48N10O13.C2HF3O2/c1-19(44-39(61)46-27(38(59)60)15-22-17-42-25-10-5-4-9-24(22)25)34(56)48-31(20(2)49(3)36(58)26(45-30(53)16-41)14-21-7-6-8-23(51)13-21)35(57)43-18-28-32(54)33(55)37(63-28)50-12-11-29(52)47-40(50)62;3-2(4,5)1(6)7/h4-13,17-20,26-27,31-33,37,42,51,54-55H,14-16,41H2,1-3H3,(H,43,57)(H,45,53)(H,48,56)(H,59,60)(H2,44,46,61)(H,47,52,62);(H,6,7)/b28-18-;/t19-,20-,26-,27-,31-,32+,33+,37+;/m0./s1. The number of H-pyrrole nitrogens is 2. The number of para-hydroxylation sites is 1. The number of nitrogens with two attached hydrogens (primary N) is 1. The summed E-state index contributed by atoms with van der Waals surface area (Å²) in [6.07, 6.45) is -6.94. The number of nitrogens with zero attached hydrogens (tertiary/aromatic N) is 2. The number of aromatic amines is 2. The van der Waals surface area contributed by atoms with Gasteiger partial charge in [0.15, 0.2) is 0 Å². The molecule has 2 aromatic carbocycles. The maximum absolute atomic E-state index is 14.0. The molecule has 1 fully saturated rings. The molecule has 70 heavy (non-hydrogen) atoms. The highest BCUT2D eigenvalue weighted by Gasteiger charge is 2.42. The number of carbonyl (C=O) groups is 7.